The number of ether oxygens (including phenoxy) is 1. The van der Waals surface area contributed by atoms with E-state index in [0.29, 0.717) is 39.5 Å². The fourth-order valence-corrected chi connectivity index (χ4v) is 4.64. The van der Waals surface area contributed by atoms with E-state index in [9.17, 15) is 9.59 Å². The highest BCUT2D eigenvalue weighted by Crippen LogP contribution is 2.24. The lowest BCUT2D eigenvalue weighted by molar-refractivity contribution is -0.121. The molecule has 164 valence electrons. The molecule has 2 N–H and O–H groups in total. The van der Waals surface area contributed by atoms with Crippen molar-refractivity contribution in [2.24, 2.45) is 0 Å². The Bertz CT molecular complexity index is 1200. The minimum absolute atomic E-state index is 0.00623. The molecule has 0 bridgehead atoms. The Labute approximate surface area is 190 Å². The molecule has 3 aromatic rings. The Morgan fingerprint density at radius 1 is 1.19 bits per heavy atom. The van der Waals surface area contributed by atoms with Gasteiger partial charge in [-0.3, -0.25) is 9.59 Å². The Morgan fingerprint density at radius 2 is 2.00 bits per heavy atom. The molecule has 7 nitrogen and oxygen atoms in total. The third-order valence-corrected chi connectivity index (χ3v) is 6.34. The fraction of sp³-hybridized carbons (Fsp3) is 0.333. The number of para-hydroxylation sites is 1. The molecule has 8 heteroatoms. The predicted molar refractivity (Wildman–Crippen MR) is 124 cm³/mol. The lowest BCUT2D eigenvalue weighted by atomic mass is 9.93. The lowest BCUT2D eigenvalue weighted by Crippen LogP contribution is -2.39. The quantitative estimate of drug-likeness (QED) is 0.421. The van der Waals surface area contributed by atoms with Crippen molar-refractivity contribution in [3.63, 3.8) is 0 Å². The van der Waals surface area contributed by atoms with Gasteiger partial charge in [-0.25, -0.2) is 4.98 Å². The van der Waals surface area contributed by atoms with Crippen LogP contribution in [0.4, 0.5) is 0 Å². The number of carbonyl (C=O) groups is 1. The number of nitrogens with one attached hydrogen (secondary N) is 2. The van der Waals surface area contributed by atoms with E-state index >= 15 is 0 Å². The van der Waals surface area contributed by atoms with Crippen molar-refractivity contribution in [1.82, 2.24) is 15.3 Å². The van der Waals surface area contributed by atoms with Crippen LogP contribution >= 0.6 is 11.8 Å². The van der Waals surface area contributed by atoms with Gasteiger partial charge < -0.3 is 15.0 Å². The molecule has 1 fully saturated rings. The maximum Gasteiger partial charge on any atom is 0.259 e. The summed E-state index contributed by atoms with van der Waals surface area (Å²) in [6.07, 6.45) is 3.90. The molecule has 32 heavy (non-hydrogen) atoms. The first-order chi connectivity index (χ1) is 15.6. The van der Waals surface area contributed by atoms with Gasteiger partial charge in [-0.05, 0) is 56.0 Å². The third kappa shape index (κ3) is 5.68. The van der Waals surface area contributed by atoms with Gasteiger partial charge in [-0.1, -0.05) is 30.0 Å². The molecule has 1 amide bonds. The van der Waals surface area contributed by atoms with Gasteiger partial charge in [0.2, 0.25) is 5.91 Å². The number of nitrogens with zero attached hydrogens (tertiary/aromatic N) is 2. The highest BCUT2D eigenvalue weighted by molar-refractivity contribution is 7.99. The highest BCUT2D eigenvalue weighted by atomic mass is 32.2. The summed E-state index contributed by atoms with van der Waals surface area (Å²) in [7, 11) is 0. The molecule has 2 aromatic carbocycles. The van der Waals surface area contributed by atoms with E-state index in [0.717, 1.165) is 25.7 Å². The average molecular weight is 449 g/mol. The van der Waals surface area contributed by atoms with Crippen molar-refractivity contribution in [2.75, 3.05) is 5.75 Å². The summed E-state index contributed by atoms with van der Waals surface area (Å²) in [6, 6.07) is 16.7. The average Bonchev–Trinajstić information content (AvgIpc) is 2.80. The van der Waals surface area contributed by atoms with Gasteiger partial charge in [0, 0.05) is 18.2 Å². The molecule has 1 aromatic heterocycles. The predicted octanol–water partition coefficient (Wildman–Crippen LogP) is 3.78. The minimum atomic E-state index is -0.166. The Kier molecular flexibility index (Phi) is 7.07. The summed E-state index contributed by atoms with van der Waals surface area (Å²) >= 11 is 1.37. The second kappa shape index (κ2) is 10.3. The third-order valence-electron chi connectivity index (χ3n) is 5.46. The molecule has 0 radical (unpaired) electrons. The second-order valence-electron chi connectivity index (χ2n) is 7.79. The summed E-state index contributed by atoms with van der Waals surface area (Å²) in [5, 5.41) is 13.2. The molecule has 1 aliphatic rings. The van der Waals surface area contributed by atoms with Gasteiger partial charge in [0.05, 0.1) is 28.6 Å². The number of H-pyrrole nitrogens is 1. The van der Waals surface area contributed by atoms with Crippen LogP contribution in [0.1, 0.15) is 37.7 Å². The largest absolute Gasteiger partial charge is 0.490 e. The van der Waals surface area contributed by atoms with Crippen molar-refractivity contribution >= 4 is 28.6 Å². The van der Waals surface area contributed by atoms with Crippen molar-refractivity contribution in [1.29, 1.82) is 5.26 Å². The van der Waals surface area contributed by atoms with Gasteiger partial charge >= 0.3 is 0 Å². The number of hydrogen-bond donors (Lipinski definition) is 2. The highest BCUT2D eigenvalue weighted by Gasteiger charge is 2.23. The summed E-state index contributed by atoms with van der Waals surface area (Å²) in [5.41, 5.74) is 1.08. The number of carbonyl (C=O) groups excluding carboxylic acids is 1. The molecule has 1 saturated carbocycles. The maximum absolute atomic E-state index is 12.3. The summed E-state index contributed by atoms with van der Waals surface area (Å²) in [4.78, 5) is 31.7. The fourth-order valence-electron chi connectivity index (χ4n) is 3.83. The zero-order valence-electron chi connectivity index (χ0n) is 17.5. The van der Waals surface area contributed by atoms with Crippen LogP contribution in [-0.2, 0) is 4.79 Å². The van der Waals surface area contributed by atoms with Gasteiger partial charge in [0.15, 0.2) is 5.16 Å². The van der Waals surface area contributed by atoms with Crippen LogP contribution < -0.4 is 15.6 Å². The van der Waals surface area contributed by atoms with Crippen LogP contribution in [0.5, 0.6) is 5.75 Å². The van der Waals surface area contributed by atoms with Crippen molar-refractivity contribution in [3.8, 4) is 11.8 Å². The molecular formula is C24H24N4O3S. The normalized spacial score (nSPS) is 18.1. The Morgan fingerprint density at radius 3 is 2.81 bits per heavy atom. The monoisotopic (exact) mass is 448 g/mol. The van der Waals surface area contributed by atoms with E-state index in [1.54, 1.807) is 18.2 Å². The van der Waals surface area contributed by atoms with Crippen LogP contribution in [0.15, 0.2) is 58.5 Å². The van der Waals surface area contributed by atoms with E-state index in [1.807, 2.05) is 30.3 Å². The molecule has 1 aliphatic carbocycles. The first-order valence-corrected chi connectivity index (χ1v) is 11.7. The van der Waals surface area contributed by atoms with Crippen LogP contribution in [0.25, 0.3) is 10.9 Å². The summed E-state index contributed by atoms with van der Waals surface area (Å²) < 4.78 is 6.00. The number of rotatable bonds is 7. The second-order valence-corrected chi connectivity index (χ2v) is 8.87. The van der Waals surface area contributed by atoms with E-state index in [4.69, 9.17) is 10.00 Å². The van der Waals surface area contributed by atoms with Crippen molar-refractivity contribution in [3.05, 3.63) is 64.4 Å². The van der Waals surface area contributed by atoms with E-state index in [2.05, 4.69) is 21.4 Å². The van der Waals surface area contributed by atoms with Gasteiger partial charge in [0.25, 0.3) is 5.56 Å². The van der Waals surface area contributed by atoms with E-state index in [1.165, 1.54) is 11.8 Å². The summed E-state index contributed by atoms with van der Waals surface area (Å²) in [6.45, 7) is 0. The number of aromatic nitrogens is 2. The van der Waals surface area contributed by atoms with Crippen LogP contribution in [0.3, 0.4) is 0 Å². The number of benzene rings is 2. The molecule has 4 rings (SSSR count). The summed E-state index contributed by atoms with van der Waals surface area (Å²) in [5.74, 6) is 1.27. The molecule has 0 atom stereocenters. The van der Waals surface area contributed by atoms with Gasteiger partial charge in [0.1, 0.15) is 5.75 Å². The van der Waals surface area contributed by atoms with Crippen LogP contribution in [0.2, 0.25) is 0 Å². The number of amides is 1. The van der Waals surface area contributed by atoms with Gasteiger partial charge in [-0.15, -0.1) is 0 Å². The van der Waals surface area contributed by atoms with Crippen LogP contribution in [-0.4, -0.2) is 33.8 Å². The number of hydrogen-bond acceptors (Lipinski definition) is 6. The number of fused-ring (bicyclic) bond motifs is 1. The van der Waals surface area contributed by atoms with Crippen molar-refractivity contribution < 1.29 is 9.53 Å². The van der Waals surface area contributed by atoms with Crippen LogP contribution in [0, 0.1) is 11.3 Å². The zero-order valence-corrected chi connectivity index (χ0v) is 18.4. The van der Waals surface area contributed by atoms with E-state index < -0.39 is 0 Å². The zero-order chi connectivity index (χ0) is 22.3. The molecule has 0 spiro atoms. The topological polar surface area (TPSA) is 108 Å². The van der Waals surface area contributed by atoms with Crippen molar-refractivity contribution in [2.45, 2.75) is 49.4 Å². The standard InChI is InChI=1S/C24H24N4O3S/c25-15-16-4-3-5-19(14-16)31-18-10-8-17(9-11-18)26-22(29)12-13-32-24-27-21-7-2-1-6-20(21)23(30)28-24/h1-7,14,17-18H,8-13H2,(H,26,29)(H,27,28,30)/t17-,18-. The molecule has 0 unspecified atom stereocenters. The minimum Gasteiger partial charge on any atom is -0.490 e. The molecule has 1 heterocycles. The Balaban J connectivity index is 1.19. The SMILES string of the molecule is N#Cc1cccc(O[C@H]2CC[C@H](NC(=O)CCSc3nc4ccccc4c(=O)[nH]3)CC2)c1. The first-order valence-electron chi connectivity index (χ1n) is 10.7. The first kappa shape index (κ1) is 21.9. The molecule has 0 aliphatic heterocycles. The lowest BCUT2D eigenvalue weighted by Gasteiger charge is -2.29. The number of aromatic amines is 1. The molecular weight excluding hydrogens is 424 g/mol. The number of thioether (sulfide) groups is 1. The Hall–Kier alpha value is -3.31. The molecule has 0 saturated heterocycles. The number of nitriles is 1. The smallest absolute Gasteiger partial charge is 0.259 e. The maximum atomic E-state index is 12.3. The van der Waals surface area contributed by atoms with Gasteiger partial charge in [-0.2, -0.15) is 5.26 Å². The van der Waals surface area contributed by atoms with E-state index in [-0.39, 0.29) is 23.6 Å².